The molecule has 1 aromatic rings. The molecule has 14 N–H and O–H groups in total. The summed E-state index contributed by atoms with van der Waals surface area (Å²) >= 11 is 0. The van der Waals surface area contributed by atoms with Crippen LogP contribution in [0.2, 0.25) is 0 Å². The van der Waals surface area contributed by atoms with Crippen LogP contribution in [0.1, 0.15) is 51.5 Å². The fraction of sp³-hybridized carbons (Fsp3) is 0.556. The van der Waals surface area contributed by atoms with Gasteiger partial charge in [-0.1, -0.05) is 44.2 Å². The molecule has 1 aromatic carbocycles. The molecule has 0 fully saturated rings. The monoisotopic (exact) mass is 590 g/mol. The highest BCUT2D eigenvalue weighted by molar-refractivity contribution is 5.94. The zero-order chi connectivity index (χ0) is 31.7. The molecule has 15 nitrogen and oxygen atoms in total. The molecule has 15 heteroatoms. The molecule has 4 atom stereocenters. The summed E-state index contributed by atoms with van der Waals surface area (Å²) in [5, 5.41) is 17.5. The number of amides is 3. The maximum Gasteiger partial charge on any atom is 0.326 e. The fourth-order valence-corrected chi connectivity index (χ4v) is 4.02. The minimum atomic E-state index is -1.25. The summed E-state index contributed by atoms with van der Waals surface area (Å²) < 4.78 is 0. The highest BCUT2D eigenvalue weighted by Crippen LogP contribution is 2.09. The predicted octanol–water partition coefficient (Wildman–Crippen LogP) is -1.75. The number of carbonyl (C=O) groups is 4. The van der Waals surface area contributed by atoms with Crippen molar-refractivity contribution >= 4 is 35.6 Å². The minimum absolute atomic E-state index is 0.0159. The maximum absolute atomic E-state index is 13.4. The number of aliphatic imine (C=N–C) groups is 2. The summed E-state index contributed by atoms with van der Waals surface area (Å²) in [5.74, 6) is -3.32. The lowest BCUT2D eigenvalue weighted by atomic mass is 10.0. The Kier molecular flexibility index (Phi) is 16.0. The first-order valence-electron chi connectivity index (χ1n) is 13.8. The average molecular weight is 591 g/mol. The first-order chi connectivity index (χ1) is 19.8. The molecule has 0 radical (unpaired) electrons. The number of nitrogens with two attached hydrogens (primary N) is 5. The number of rotatable bonds is 19. The number of hydrogen-bond acceptors (Lipinski definition) is 7. The van der Waals surface area contributed by atoms with Gasteiger partial charge in [-0.25, -0.2) is 4.79 Å². The molecule has 0 saturated heterocycles. The van der Waals surface area contributed by atoms with Gasteiger partial charge in [-0.15, -0.1) is 0 Å². The van der Waals surface area contributed by atoms with Crippen LogP contribution in [0.15, 0.2) is 40.3 Å². The molecule has 1 rings (SSSR count). The minimum Gasteiger partial charge on any atom is -0.480 e. The molecule has 0 aliphatic rings. The van der Waals surface area contributed by atoms with Gasteiger partial charge in [0, 0.05) is 13.1 Å². The van der Waals surface area contributed by atoms with Gasteiger partial charge in [-0.3, -0.25) is 24.4 Å². The van der Waals surface area contributed by atoms with E-state index in [1.807, 2.05) is 44.2 Å². The van der Waals surface area contributed by atoms with E-state index in [1.54, 1.807) is 0 Å². The second-order valence-electron chi connectivity index (χ2n) is 10.3. The molecule has 234 valence electrons. The van der Waals surface area contributed by atoms with Gasteiger partial charge in [0.2, 0.25) is 17.7 Å². The molecule has 0 bridgehead atoms. The van der Waals surface area contributed by atoms with Crippen molar-refractivity contribution in [1.82, 2.24) is 16.0 Å². The first kappa shape index (κ1) is 35.6. The summed E-state index contributed by atoms with van der Waals surface area (Å²) in [6.07, 6.45) is 1.31. The van der Waals surface area contributed by atoms with Crippen molar-refractivity contribution in [3.8, 4) is 0 Å². The number of carboxylic acid groups (broad SMARTS) is 1. The molecule has 0 aromatic heterocycles. The van der Waals surface area contributed by atoms with Crippen LogP contribution in [0.4, 0.5) is 0 Å². The quantitative estimate of drug-likeness (QED) is 0.0497. The summed E-state index contributed by atoms with van der Waals surface area (Å²) in [7, 11) is 0. The molecule has 3 amide bonds. The van der Waals surface area contributed by atoms with Crippen molar-refractivity contribution in [3.63, 3.8) is 0 Å². The van der Waals surface area contributed by atoms with E-state index in [4.69, 9.17) is 28.7 Å². The van der Waals surface area contributed by atoms with Crippen molar-refractivity contribution in [2.24, 2.45) is 44.6 Å². The van der Waals surface area contributed by atoms with Gasteiger partial charge in [0.05, 0.1) is 6.04 Å². The lowest BCUT2D eigenvalue weighted by molar-refractivity contribution is -0.142. The second-order valence-corrected chi connectivity index (χ2v) is 10.3. The summed E-state index contributed by atoms with van der Waals surface area (Å²) in [5.41, 5.74) is 28.3. The number of nitrogens with one attached hydrogen (secondary N) is 3. The molecular weight excluding hydrogens is 544 g/mol. The normalized spacial score (nSPS) is 13.6. The number of hydrogen-bond donors (Lipinski definition) is 9. The van der Waals surface area contributed by atoms with E-state index in [2.05, 4.69) is 25.9 Å². The zero-order valence-electron chi connectivity index (χ0n) is 24.3. The van der Waals surface area contributed by atoms with Crippen molar-refractivity contribution in [1.29, 1.82) is 0 Å². The Morgan fingerprint density at radius 3 is 1.74 bits per heavy atom. The Morgan fingerprint density at radius 2 is 1.24 bits per heavy atom. The van der Waals surface area contributed by atoms with Gasteiger partial charge in [0.1, 0.15) is 18.1 Å². The third kappa shape index (κ3) is 14.8. The number of carbonyl (C=O) groups excluding carboxylic acids is 3. The first-order valence-corrected chi connectivity index (χ1v) is 13.8. The summed E-state index contributed by atoms with van der Waals surface area (Å²) in [6.45, 7) is 4.14. The maximum atomic E-state index is 13.4. The summed E-state index contributed by atoms with van der Waals surface area (Å²) in [6, 6.07) is 4.98. The van der Waals surface area contributed by atoms with Crippen LogP contribution in [0, 0.1) is 5.92 Å². The smallest absolute Gasteiger partial charge is 0.326 e. The molecule has 0 spiro atoms. The van der Waals surface area contributed by atoms with Gasteiger partial charge in [-0.2, -0.15) is 0 Å². The third-order valence-electron chi connectivity index (χ3n) is 6.11. The van der Waals surface area contributed by atoms with E-state index < -0.39 is 47.9 Å². The van der Waals surface area contributed by atoms with Gasteiger partial charge in [-0.05, 0) is 50.0 Å². The molecule has 42 heavy (non-hydrogen) atoms. The lowest BCUT2D eigenvalue weighted by Crippen LogP contribution is -2.57. The Labute approximate surface area is 246 Å². The number of nitrogens with zero attached hydrogens (tertiary/aromatic N) is 2. The van der Waals surface area contributed by atoms with Crippen LogP contribution >= 0.6 is 0 Å². The van der Waals surface area contributed by atoms with E-state index in [0.29, 0.717) is 12.8 Å². The second kappa shape index (κ2) is 18.9. The number of benzene rings is 1. The Balaban J connectivity index is 3.01. The van der Waals surface area contributed by atoms with E-state index in [0.717, 1.165) is 5.56 Å². The highest BCUT2D eigenvalue weighted by Gasteiger charge is 2.30. The molecular formula is C27H46N10O5. The summed E-state index contributed by atoms with van der Waals surface area (Å²) in [4.78, 5) is 59.0. The van der Waals surface area contributed by atoms with Gasteiger partial charge in [0.25, 0.3) is 0 Å². The highest BCUT2D eigenvalue weighted by atomic mass is 16.4. The Bertz CT molecular complexity index is 1070. The molecule has 4 unspecified atom stereocenters. The van der Waals surface area contributed by atoms with Crippen molar-refractivity contribution in [2.45, 2.75) is 76.5 Å². The topological polar surface area (TPSA) is 279 Å². The van der Waals surface area contributed by atoms with Crippen LogP contribution in [-0.2, 0) is 25.6 Å². The molecule has 0 aliphatic heterocycles. The van der Waals surface area contributed by atoms with Crippen LogP contribution in [0.25, 0.3) is 0 Å². The van der Waals surface area contributed by atoms with Crippen molar-refractivity contribution in [2.75, 3.05) is 13.1 Å². The van der Waals surface area contributed by atoms with Gasteiger partial charge < -0.3 is 49.7 Å². The largest absolute Gasteiger partial charge is 0.480 e. The fourth-order valence-electron chi connectivity index (χ4n) is 4.02. The van der Waals surface area contributed by atoms with Crippen molar-refractivity contribution < 1.29 is 24.3 Å². The van der Waals surface area contributed by atoms with Gasteiger partial charge in [0.15, 0.2) is 11.9 Å². The van der Waals surface area contributed by atoms with E-state index in [9.17, 15) is 24.3 Å². The van der Waals surface area contributed by atoms with Crippen LogP contribution in [0.3, 0.4) is 0 Å². The van der Waals surface area contributed by atoms with Gasteiger partial charge >= 0.3 is 5.97 Å². The van der Waals surface area contributed by atoms with E-state index in [1.165, 1.54) is 0 Å². The number of guanidine groups is 2. The molecule has 0 aliphatic carbocycles. The molecule has 0 heterocycles. The van der Waals surface area contributed by atoms with E-state index in [-0.39, 0.29) is 56.6 Å². The number of aliphatic carboxylic acids is 1. The van der Waals surface area contributed by atoms with Crippen LogP contribution < -0.4 is 44.6 Å². The lowest BCUT2D eigenvalue weighted by Gasteiger charge is -2.26. The van der Waals surface area contributed by atoms with Crippen LogP contribution in [0.5, 0.6) is 0 Å². The third-order valence-corrected chi connectivity index (χ3v) is 6.11. The predicted molar refractivity (Wildman–Crippen MR) is 161 cm³/mol. The Morgan fingerprint density at radius 1 is 0.762 bits per heavy atom. The molecule has 0 saturated carbocycles. The SMILES string of the molecule is CC(C)CC(NC(=O)C(N)Cc1ccccc1)C(=O)NC(CCCN=C(N)N)C(=O)NC(CCCN=C(N)N)C(=O)O. The number of carboxylic acids is 1. The van der Waals surface area contributed by atoms with Crippen molar-refractivity contribution in [3.05, 3.63) is 35.9 Å². The average Bonchev–Trinajstić information content (AvgIpc) is 2.91. The Hall–Kier alpha value is -4.40. The zero-order valence-corrected chi connectivity index (χ0v) is 24.3. The van der Waals surface area contributed by atoms with Crippen LogP contribution in [-0.4, -0.2) is 78.0 Å². The standard InChI is InChI=1S/C27H46N10O5/c1-16(2)14-21(37-22(38)18(28)15-17-8-4-3-5-9-17)24(40)35-19(10-6-12-33-26(29)30)23(39)36-20(25(41)42)11-7-13-34-27(31)32/h3-5,8-9,16,18-21H,6-7,10-15,28H2,1-2H3,(H,35,40)(H,36,39)(H,37,38)(H,41,42)(H4,29,30,33)(H4,31,32,34). The van der Waals surface area contributed by atoms with E-state index >= 15 is 0 Å².